The molecule has 1 unspecified atom stereocenters. The molecule has 0 radical (unpaired) electrons. The number of nitrogens with one attached hydrogen (secondary N) is 1. The highest BCUT2D eigenvalue weighted by Gasteiger charge is 2.23. The summed E-state index contributed by atoms with van der Waals surface area (Å²) >= 11 is 0. The van der Waals surface area contributed by atoms with E-state index in [9.17, 15) is 9.59 Å². The zero-order valence-electron chi connectivity index (χ0n) is 15.7. The van der Waals surface area contributed by atoms with E-state index in [1.54, 1.807) is 0 Å². The fourth-order valence-corrected chi connectivity index (χ4v) is 3.79. The van der Waals surface area contributed by atoms with E-state index in [4.69, 9.17) is 5.11 Å². The van der Waals surface area contributed by atoms with Crippen LogP contribution >= 0.6 is 0 Å². The van der Waals surface area contributed by atoms with Crippen LogP contribution in [0.5, 0.6) is 0 Å². The maximum atomic E-state index is 12.6. The lowest BCUT2D eigenvalue weighted by atomic mass is 10.0. The normalized spacial score (nSPS) is 17.7. The molecule has 1 heterocycles. The van der Waals surface area contributed by atoms with Gasteiger partial charge >= 0.3 is 12.0 Å². The summed E-state index contributed by atoms with van der Waals surface area (Å²) in [5.41, 5.74) is 1.11. The molecule has 0 aliphatic carbocycles. The van der Waals surface area contributed by atoms with Crippen molar-refractivity contribution in [2.24, 2.45) is 0 Å². The number of benzene rings is 2. The Kier molecular flexibility index (Phi) is 6.29. The molecule has 1 fully saturated rings. The van der Waals surface area contributed by atoms with Crippen LogP contribution in [0.4, 0.5) is 4.79 Å². The summed E-state index contributed by atoms with van der Waals surface area (Å²) in [6.45, 7) is 1.89. The van der Waals surface area contributed by atoms with Crippen LogP contribution in [0, 0.1) is 0 Å². The lowest BCUT2D eigenvalue weighted by Crippen LogP contribution is -2.41. The van der Waals surface area contributed by atoms with Gasteiger partial charge in [0, 0.05) is 25.7 Å². The van der Waals surface area contributed by atoms with Crippen molar-refractivity contribution in [1.29, 1.82) is 0 Å². The first kappa shape index (κ1) is 19.2. The number of carboxylic acids is 1. The monoisotopic (exact) mass is 369 g/mol. The molecule has 0 aromatic heterocycles. The summed E-state index contributed by atoms with van der Waals surface area (Å²) in [4.78, 5) is 27.3. The third kappa shape index (κ3) is 4.98. The SMILES string of the molecule is CN(CC(=O)O)C1CCCN(C(=O)NCc2cccc3ccccc23)CC1. The molecule has 2 amide bonds. The zero-order chi connectivity index (χ0) is 19.2. The second-order valence-electron chi connectivity index (χ2n) is 7.18. The van der Waals surface area contributed by atoms with Gasteiger partial charge < -0.3 is 15.3 Å². The average molecular weight is 369 g/mol. The zero-order valence-corrected chi connectivity index (χ0v) is 15.7. The number of carbonyl (C=O) groups excluding carboxylic acids is 1. The topological polar surface area (TPSA) is 72.9 Å². The molecular weight excluding hydrogens is 342 g/mol. The van der Waals surface area contributed by atoms with Crippen LogP contribution in [0.3, 0.4) is 0 Å². The van der Waals surface area contributed by atoms with Crippen molar-refractivity contribution < 1.29 is 14.7 Å². The Hall–Kier alpha value is -2.60. The molecule has 27 heavy (non-hydrogen) atoms. The van der Waals surface area contributed by atoms with Crippen molar-refractivity contribution in [2.45, 2.75) is 31.8 Å². The molecule has 2 N–H and O–H groups in total. The maximum Gasteiger partial charge on any atom is 0.317 e. The third-order valence-corrected chi connectivity index (χ3v) is 5.30. The Bertz CT molecular complexity index is 803. The van der Waals surface area contributed by atoms with Crippen LogP contribution < -0.4 is 5.32 Å². The van der Waals surface area contributed by atoms with Gasteiger partial charge in [-0.05, 0) is 42.6 Å². The molecule has 144 valence electrons. The first-order valence-corrected chi connectivity index (χ1v) is 9.46. The molecule has 0 bridgehead atoms. The molecule has 2 aromatic carbocycles. The predicted octanol–water partition coefficient (Wildman–Crippen LogP) is 2.92. The van der Waals surface area contributed by atoms with Crippen LogP contribution in [-0.4, -0.2) is 59.6 Å². The van der Waals surface area contributed by atoms with Crippen LogP contribution in [0.25, 0.3) is 10.8 Å². The van der Waals surface area contributed by atoms with Gasteiger partial charge in [-0.1, -0.05) is 42.5 Å². The summed E-state index contributed by atoms with van der Waals surface area (Å²) in [7, 11) is 1.84. The highest BCUT2D eigenvalue weighted by atomic mass is 16.4. The number of hydrogen-bond donors (Lipinski definition) is 2. The van der Waals surface area contributed by atoms with Crippen LogP contribution in [0.1, 0.15) is 24.8 Å². The molecular formula is C21H27N3O3. The van der Waals surface area contributed by atoms with Crippen molar-refractivity contribution in [1.82, 2.24) is 15.1 Å². The first-order valence-electron chi connectivity index (χ1n) is 9.46. The van der Waals surface area contributed by atoms with E-state index in [0.29, 0.717) is 19.6 Å². The highest BCUT2D eigenvalue weighted by molar-refractivity contribution is 5.86. The van der Waals surface area contributed by atoms with Crippen molar-refractivity contribution in [2.75, 3.05) is 26.7 Å². The van der Waals surface area contributed by atoms with Gasteiger partial charge in [-0.3, -0.25) is 9.69 Å². The Morgan fingerprint density at radius 1 is 1.15 bits per heavy atom. The molecule has 1 saturated heterocycles. The van der Waals surface area contributed by atoms with Gasteiger partial charge in [0.15, 0.2) is 0 Å². The second-order valence-corrected chi connectivity index (χ2v) is 7.18. The number of urea groups is 1. The number of likely N-dealkylation sites (tertiary alicyclic amines) is 1. The summed E-state index contributed by atoms with van der Waals surface area (Å²) in [5, 5.41) is 14.3. The van der Waals surface area contributed by atoms with Gasteiger partial charge in [0.2, 0.25) is 0 Å². The standard InChI is InChI=1S/C21H27N3O3/c1-23(15-20(25)26)18-9-5-12-24(13-11-18)21(27)22-14-17-8-4-7-16-6-2-3-10-19(16)17/h2-4,6-8,10,18H,5,9,11-15H2,1H3,(H,22,27)(H,25,26). The number of likely N-dealkylation sites (N-methyl/N-ethyl adjacent to an activating group) is 1. The lowest BCUT2D eigenvalue weighted by molar-refractivity contribution is -0.138. The van der Waals surface area contributed by atoms with E-state index in [2.05, 4.69) is 23.5 Å². The Labute approximate surface area is 159 Å². The minimum Gasteiger partial charge on any atom is -0.480 e. The number of nitrogens with zero attached hydrogens (tertiary/aromatic N) is 2. The molecule has 2 aromatic rings. The number of aliphatic carboxylic acids is 1. The van der Waals surface area contributed by atoms with E-state index in [0.717, 1.165) is 30.2 Å². The van der Waals surface area contributed by atoms with Crippen LogP contribution in [-0.2, 0) is 11.3 Å². The van der Waals surface area contributed by atoms with Gasteiger partial charge in [0.05, 0.1) is 6.54 Å². The Morgan fingerprint density at radius 3 is 2.74 bits per heavy atom. The van der Waals surface area contributed by atoms with E-state index >= 15 is 0 Å². The van der Waals surface area contributed by atoms with E-state index in [1.165, 1.54) is 5.39 Å². The summed E-state index contributed by atoms with van der Waals surface area (Å²) < 4.78 is 0. The number of carboxylic acid groups (broad SMARTS) is 1. The number of fused-ring (bicyclic) bond motifs is 1. The quantitative estimate of drug-likeness (QED) is 0.850. The van der Waals surface area contributed by atoms with E-state index < -0.39 is 5.97 Å². The first-order chi connectivity index (χ1) is 13.0. The average Bonchev–Trinajstić information content (AvgIpc) is 2.92. The van der Waals surface area contributed by atoms with Gasteiger partial charge in [-0.2, -0.15) is 0 Å². The Balaban J connectivity index is 1.56. The fraction of sp³-hybridized carbons (Fsp3) is 0.429. The van der Waals surface area contributed by atoms with Gasteiger partial charge in [-0.25, -0.2) is 4.79 Å². The minimum absolute atomic E-state index is 0.0396. The third-order valence-electron chi connectivity index (χ3n) is 5.30. The minimum atomic E-state index is -0.813. The fourth-order valence-electron chi connectivity index (χ4n) is 3.79. The number of rotatable bonds is 5. The largest absolute Gasteiger partial charge is 0.480 e. The van der Waals surface area contributed by atoms with Crippen molar-refractivity contribution in [3.63, 3.8) is 0 Å². The molecule has 3 rings (SSSR count). The molecule has 6 nitrogen and oxygen atoms in total. The van der Waals surface area contributed by atoms with Crippen molar-refractivity contribution >= 4 is 22.8 Å². The molecule has 0 spiro atoms. The van der Waals surface area contributed by atoms with Crippen LogP contribution in [0.15, 0.2) is 42.5 Å². The molecule has 0 saturated carbocycles. The smallest absolute Gasteiger partial charge is 0.317 e. The van der Waals surface area contributed by atoms with Gasteiger partial charge in [-0.15, -0.1) is 0 Å². The van der Waals surface area contributed by atoms with Crippen molar-refractivity contribution in [3.8, 4) is 0 Å². The summed E-state index contributed by atoms with van der Waals surface area (Å²) in [5.74, 6) is -0.813. The molecule has 1 aliphatic rings. The van der Waals surface area contributed by atoms with E-state index in [-0.39, 0.29) is 18.6 Å². The molecule has 1 atom stereocenters. The number of hydrogen-bond acceptors (Lipinski definition) is 3. The second kappa shape index (κ2) is 8.86. The van der Waals surface area contributed by atoms with Gasteiger partial charge in [0.25, 0.3) is 0 Å². The highest BCUT2D eigenvalue weighted by Crippen LogP contribution is 2.19. The van der Waals surface area contributed by atoms with E-state index in [1.807, 2.05) is 41.1 Å². The van der Waals surface area contributed by atoms with Crippen LogP contribution in [0.2, 0.25) is 0 Å². The van der Waals surface area contributed by atoms with Crippen molar-refractivity contribution in [3.05, 3.63) is 48.0 Å². The predicted molar refractivity (Wildman–Crippen MR) is 106 cm³/mol. The lowest BCUT2D eigenvalue weighted by Gasteiger charge is -2.25. The Morgan fingerprint density at radius 2 is 1.93 bits per heavy atom. The number of amides is 2. The van der Waals surface area contributed by atoms with Gasteiger partial charge in [0.1, 0.15) is 0 Å². The summed E-state index contributed by atoms with van der Waals surface area (Å²) in [6.07, 6.45) is 2.60. The summed E-state index contributed by atoms with van der Waals surface area (Å²) in [6, 6.07) is 14.5. The molecule has 6 heteroatoms. The number of carbonyl (C=O) groups is 2. The maximum absolute atomic E-state index is 12.6. The molecule has 1 aliphatic heterocycles.